The molecule has 0 fully saturated rings. The molecule has 0 amide bonds. The highest BCUT2D eigenvalue weighted by atomic mass is 79.9. The van der Waals surface area contributed by atoms with Gasteiger partial charge in [0.1, 0.15) is 0 Å². The van der Waals surface area contributed by atoms with Crippen LogP contribution in [0, 0.1) is 11.8 Å². The molecular weight excluding hydrogens is 288 g/mol. The molecule has 0 unspecified atom stereocenters. The van der Waals surface area contributed by atoms with Crippen LogP contribution in [0.4, 0.5) is 0 Å². The lowest BCUT2D eigenvalue weighted by molar-refractivity contribution is -0.133. The maximum Gasteiger partial charge on any atom is 0.384 e. The van der Waals surface area contributed by atoms with Gasteiger partial charge in [0.25, 0.3) is 0 Å². The minimum atomic E-state index is -0.617. The number of rotatable bonds is 1. The minimum Gasteiger partial charge on any atom is -0.465 e. The lowest BCUT2D eigenvalue weighted by Crippen LogP contribution is -2.01. The Labute approximate surface area is 107 Å². The van der Waals surface area contributed by atoms with Gasteiger partial charge in [-0.15, -0.1) is 0 Å². The Bertz CT molecular complexity index is 511. The fourth-order valence-corrected chi connectivity index (χ4v) is 1.51. The Morgan fingerprint density at radius 1 is 1.24 bits per heavy atom. The summed E-state index contributed by atoms with van der Waals surface area (Å²) in [6.45, 7) is 0. The lowest BCUT2D eigenvalue weighted by atomic mass is 10.1. The Morgan fingerprint density at radius 3 is 2.47 bits per heavy atom. The fraction of sp³-hybridized carbons (Fsp3) is 0.167. The molecule has 1 aromatic rings. The molecule has 88 valence electrons. The summed E-state index contributed by atoms with van der Waals surface area (Å²) in [7, 11) is 2.56. The fourth-order valence-electron chi connectivity index (χ4n) is 1.03. The highest BCUT2D eigenvalue weighted by molar-refractivity contribution is 9.10. The highest BCUT2D eigenvalue weighted by Crippen LogP contribution is 2.18. The van der Waals surface area contributed by atoms with Crippen molar-refractivity contribution in [2.75, 3.05) is 14.2 Å². The molecule has 5 heteroatoms. The van der Waals surface area contributed by atoms with E-state index in [2.05, 4.69) is 37.2 Å². The summed E-state index contributed by atoms with van der Waals surface area (Å²) in [5, 5.41) is 0. The number of carbonyl (C=O) groups excluding carboxylic acids is 2. The van der Waals surface area contributed by atoms with Crippen molar-refractivity contribution < 1.29 is 19.1 Å². The molecule has 0 aliphatic carbocycles. The smallest absolute Gasteiger partial charge is 0.384 e. The molecule has 0 heterocycles. The summed E-state index contributed by atoms with van der Waals surface area (Å²) in [6, 6.07) is 4.76. The van der Waals surface area contributed by atoms with Gasteiger partial charge in [0.2, 0.25) is 0 Å². The maximum absolute atomic E-state index is 11.2. The van der Waals surface area contributed by atoms with Crippen molar-refractivity contribution >= 4 is 27.9 Å². The predicted octanol–water partition coefficient (Wildman–Crippen LogP) is 1.76. The van der Waals surface area contributed by atoms with Crippen molar-refractivity contribution in [3.63, 3.8) is 0 Å². The third-order valence-corrected chi connectivity index (χ3v) is 2.53. The summed E-state index contributed by atoms with van der Waals surface area (Å²) in [5.74, 6) is 3.87. The quantitative estimate of drug-likeness (QED) is 0.585. The number of benzene rings is 1. The molecule has 1 aromatic carbocycles. The summed E-state index contributed by atoms with van der Waals surface area (Å²) < 4.78 is 9.57. The lowest BCUT2D eigenvalue weighted by Gasteiger charge is -2.01. The Balaban J connectivity index is 3.01. The van der Waals surface area contributed by atoms with Gasteiger partial charge in [-0.25, -0.2) is 9.59 Å². The van der Waals surface area contributed by atoms with Gasteiger partial charge >= 0.3 is 11.9 Å². The topological polar surface area (TPSA) is 52.6 Å². The van der Waals surface area contributed by atoms with E-state index >= 15 is 0 Å². The van der Waals surface area contributed by atoms with Crippen LogP contribution in [-0.2, 0) is 14.3 Å². The molecule has 17 heavy (non-hydrogen) atoms. The van der Waals surface area contributed by atoms with E-state index in [0.29, 0.717) is 15.6 Å². The molecule has 0 aliphatic heterocycles. The normalized spacial score (nSPS) is 8.88. The highest BCUT2D eigenvalue weighted by Gasteiger charge is 2.07. The third-order valence-electron chi connectivity index (χ3n) is 1.87. The van der Waals surface area contributed by atoms with Crippen molar-refractivity contribution in [3.8, 4) is 11.8 Å². The van der Waals surface area contributed by atoms with Gasteiger partial charge in [0.15, 0.2) is 0 Å². The largest absolute Gasteiger partial charge is 0.465 e. The van der Waals surface area contributed by atoms with E-state index in [4.69, 9.17) is 0 Å². The first kappa shape index (κ1) is 13.3. The summed E-state index contributed by atoms with van der Waals surface area (Å²) in [6.07, 6.45) is 0. The van der Waals surface area contributed by atoms with Gasteiger partial charge in [0, 0.05) is 16.0 Å². The zero-order chi connectivity index (χ0) is 12.8. The van der Waals surface area contributed by atoms with Crippen molar-refractivity contribution in [2.45, 2.75) is 0 Å². The van der Waals surface area contributed by atoms with Gasteiger partial charge in [-0.2, -0.15) is 0 Å². The van der Waals surface area contributed by atoms with E-state index in [-0.39, 0.29) is 0 Å². The van der Waals surface area contributed by atoms with Crippen LogP contribution < -0.4 is 0 Å². The first-order chi connectivity index (χ1) is 8.08. The van der Waals surface area contributed by atoms with E-state index in [9.17, 15) is 9.59 Å². The molecule has 0 aliphatic rings. The number of hydrogen-bond donors (Lipinski definition) is 0. The predicted molar refractivity (Wildman–Crippen MR) is 64.4 cm³/mol. The van der Waals surface area contributed by atoms with Crippen molar-refractivity contribution in [1.82, 2.24) is 0 Å². The zero-order valence-electron chi connectivity index (χ0n) is 9.24. The molecule has 4 nitrogen and oxygen atoms in total. The number of esters is 2. The average Bonchev–Trinajstić information content (AvgIpc) is 2.35. The van der Waals surface area contributed by atoms with Crippen LogP contribution in [-0.4, -0.2) is 26.2 Å². The zero-order valence-corrected chi connectivity index (χ0v) is 10.8. The van der Waals surface area contributed by atoms with Crippen molar-refractivity contribution in [3.05, 3.63) is 33.8 Å². The van der Waals surface area contributed by atoms with Crippen molar-refractivity contribution in [2.24, 2.45) is 0 Å². The second-order valence-electron chi connectivity index (χ2n) is 2.93. The molecule has 0 atom stereocenters. The van der Waals surface area contributed by atoms with Crippen LogP contribution in [0.1, 0.15) is 15.9 Å². The second-order valence-corrected chi connectivity index (χ2v) is 3.78. The van der Waals surface area contributed by atoms with E-state index in [1.165, 1.54) is 14.2 Å². The van der Waals surface area contributed by atoms with Gasteiger partial charge in [-0.1, -0.05) is 5.92 Å². The summed E-state index contributed by atoms with van der Waals surface area (Å²) >= 11 is 3.25. The van der Waals surface area contributed by atoms with E-state index < -0.39 is 11.9 Å². The monoisotopic (exact) mass is 296 g/mol. The van der Waals surface area contributed by atoms with Crippen LogP contribution in [0.2, 0.25) is 0 Å². The van der Waals surface area contributed by atoms with Crippen LogP contribution in [0.15, 0.2) is 22.7 Å². The molecule has 0 N–H and O–H groups in total. The maximum atomic E-state index is 11.2. The van der Waals surface area contributed by atoms with Gasteiger partial charge < -0.3 is 9.47 Å². The first-order valence-corrected chi connectivity index (χ1v) is 5.35. The number of carbonyl (C=O) groups is 2. The summed E-state index contributed by atoms with van der Waals surface area (Å²) in [4.78, 5) is 22.1. The number of halogens is 1. The van der Waals surface area contributed by atoms with Gasteiger partial charge in [-0.3, -0.25) is 0 Å². The Hall–Kier alpha value is -1.80. The van der Waals surface area contributed by atoms with Crippen LogP contribution in [0.25, 0.3) is 0 Å². The first-order valence-electron chi connectivity index (χ1n) is 4.56. The number of methoxy groups -OCH3 is 2. The van der Waals surface area contributed by atoms with Gasteiger partial charge in [-0.05, 0) is 34.1 Å². The molecule has 1 rings (SSSR count). The Morgan fingerprint density at radius 2 is 1.94 bits per heavy atom. The molecular formula is C12H9BrO4. The molecule has 0 bridgehead atoms. The molecule has 0 aromatic heterocycles. The van der Waals surface area contributed by atoms with Gasteiger partial charge in [0.05, 0.1) is 19.8 Å². The SMILES string of the molecule is COC(=O)C#Cc1ccc(C(=O)OC)cc1Br. The van der Waals surface area contributed by atoms with Crippen LogP contribution in [0.5, 0.6) is 0 Å². The minimum absolute atomic E-state index is 0.406. The molecule has 0 radical (unpaired) electrons. The van der Waals surface area contributed by atoms with Crippen LogP contribution in [0.3, 0.4) is 0 Å². The molecule has 0 spiro atoms. The standard InChI is InChI=1S/C12H9BrO4/c1-16-11(14)6-5-8-3-4-9(7-10(8)13)12(15)17-2/h3-4,7H,1-2H3. The number of hydrogen-bond acceptors (Lipinski definition) is 4. The molecule has 0 saturated heterocycles. The Kier molecular flexibility index (Phi) is 4.73. The average molecular weight is 297 g/mol. The van der Waals surface area contributed by atoms with Crippen molar-refractivity contribution in [1.29, 1.82) is 0 Å². The third kappa shape index (κ3) is 3.61. The summed E-state index contributed by atoms with van der Waals surface area (Å²) in [5.41, 5.74) is 0.992. The van der Waals surface area contributed by atoms with Crippen LogP contribution >= 0.6 is 15.9 Å². The van der Waals surface area contributed by atoms with E-state index in [0.717, 1.165) is 0 Å². The molecule has 0 saturated carbocycles. The van der Waals surface area contributed by atoms with E-state index in [1.54, 1.807) is 18.2 Å². The van der Waals surface area contributed by atoms with E-state index in [1.807, 2.05) is 0 Å². The second kappa shape index (κ2) is 6.06. The number of ether oxygens (including phenoxy) is 2.